The first-order valence-corrected chi connectivity index (χ1v) is 8.64. The minimum absolute atomic E-state index is 0.0297. The third-order valence-electron chi connectivity index (χ3n) is 3.39. The van der Waals surface area contributed by atoms with Gasteiger partial charge in [-0.25, -0.2) is 0 Å². The van der Waals surface area contributed by atoms with Gasteiger partial charge >= 0.3 is 0 Å². The third kappa shape index (κ3) is 5.44. The Balaban J connectivity index is 1.87. The summed E-state index contributed by atoms with van der Waals surface area (Å²) in [5.74, 6) is 0.391. The molecule has 0 radical (unpaired) electrons. The Hall–Kier alpha value is -2.65. The highest BCUT2D eigenvalue weighted by Gasteiger charge is 2.21. The maximum absolute atomic E-state index is 12.2. The number of nitrogens with zero attached hydrogens (tertiary/aromatic N) is 1. The van der Waals surface area contributed by atoms with Gasteiger partial charge in [0, 0.05) is 10.3 Å². The van der Waals surface area contributed by atoms with Crippen LogP contribution < -0.4 is 10.1 Å². The molecule has 2 rings (SSSR count). The van der Waals surface area contributed by atoms with E-state index in [0.717, 1.165) is 4.88 Å². The first kappa shape index (κ1) is 18.7. The first-order chi connectivity index (χ1) is 11.8. The molecular formula is C19H20N2O3S. The van der Waals surface area contributed by atoms with Crippen molar-refractivity contribution >= 4 is 23.0 Å². The largest absolute Gasteiger partial charge is 0.485 e. The number of nitriles is 1. The first-order valence-electron chi connectivity index (χ1n) is 7.83. The molecule has 0 saturated heterocycles. The van der Waals surface area contributed by atoms with Crippen LogP contribution in [0.3, 0.4) is 0 Å². The van der Waals surface area contributed by atoms with E-state index >= 15 is 0 Å². The van der Waals surface area contributed by atoms with Crippen LogP contribution in [0.25, 0.3) is 0 Å². The number of thiophene rings is 1. The molecule has 1 heterocycles. The zero-order valence-corrected chi connectivity index (χ0v) is 15.3. The molecule has 0 aliphatic carbocycles. The summed E-state index contributed by atoms with van der Waals surface area (Å²) >= 11 is 1.35. The van der Waals surface area contributed by atoms with Gasteiger partial charge in [-0.05, 0) is 36.4 Å². The molecule has 0 fully saturated rings. The van der Waals surface area contributed by atoms with Crippen molar-refractivity contribution < 1.29 is 14.3 Å². The lowest BCUT2D eigenvalue weighted by Gasteiger charge is -2.17. The van der Waals surface area contributed by atoms with Gasteiger partial charge in [0.2, 0.25) is 11.7 Å². The Morgan fingerprint density at radius 1 is 1.16 bits per heavy atom. The summed E-state index contributed by atoms with van der Waals surface area (Å²) in [6, 6.07) is 12.2. The highest BCUT2D eigenvalue weighted by Crippen LogP contribution is 2.19. The number of hydrogen-bond acceptors (Lipinski definition) is 5. The van der Waals surface area contributed by atoms with Gasteiger partial charge in [-0.1, -0.05) is 20.8 Å². The lowest BCUT2D eigenvalue weighted by atomic mass is 9.96. The second-order valence-electron chi connectivity index (χ2n) is 6.55. The van der Waals surface area contributed by atoms with E-state index in [1.165, 1.54) is 11.3 Å². The smallest absolute Gasteiger partial charge is 0.225 e. The van der Waals surface area contributed by atoms with Crippen LogP contribution in [0, 0.1) is 16.7 Å². The number of carbonyl (C=O) groups excluding carboxylic acids is 2. The molecule has 0 atom stereocenters. The van der Waals surface area contributed by atoms with Crippen molar-refractivity contribution in [1.82, 2.24) is 5.32 Å². The van der Waals surface area contributed by atoms with Crippen molar-refractivity contribution in [3.63, 3.8) is 0 Å². The van der Waals surface area contributed by atoms with Crippen molar-refractivity contribution in [2.45, 2.75) is 27.3 Å². The van der Waals surface area contributed by atoms with E-state index in [1.807, 2.05) is 32.9 Å². The number of ketones is 1. The van der Waals surface area contributed by atoms with Gasteiger partial charge < -0.3 is 10.1 Å². The van der Waals surface area contributed by atoms with Crippen molar-refractivity contribution in [3.05, 3.63) is 51.7 Å². The molecule has 5 nitrogen and oxygen atoms in total. The number of rotatable bonds is 6. The molecule has 0 saturated carbocycles. The molecule has 1 aromatic heterocycles. The lowest BCUT2D eigenvalue weighted by molar-refractivity contribution is -0.128. The van der Waals surface area contributed by atoms with E-state index in [2.05, 4.69) is 5.32 Å². The standard InChI is InChI=1S/C19H20N2O3S/c1-19(2,3)18(23)21-11-15-8-9-17(25-15)16(22)12-24-14-6-4-13(10-20)5-7-14/h4-9H,11-12H2,1-3H3,(H,21,23). The van der Waals surface area contributed by atoms with Crippen LogP contribution in [0.15, 0.2) is 36.4 Å². The number of nitrogens with one attached hydrogen (secondary N) is 1. The maximum atomic E-state index is 12.2. The predicted octanol–water partition coefficient (Wildman–Crippen LogP) is 3.54. The fourth-order valence-electron chi connectivity index (χ4n) is 1.90. The number of amides is 1. The summed E-state index contributed by atoms with van der Waals surface area (Å²) in [7, 11) is 0. The highest BCUT2D eigenvalue weighted by molar-refractivity contribution is 7.14. The van der Waals surface area contributed by atoms with Crippen LogP contribution in [-0.2, 0) is 11.3 Å². The molecule has 130 valence electrons. The van der Waals surface area contributed by atoms with Crippen LogP contribution in [0.4, 0.5) is 0 Å². The Morgan fingerprint density at radius 3 is 2.44 bits per heavy atom. The quantitative estimate of drug-likeness (QED) is 0.803. The lowest BCUT2D eigenvalue weighted by Crippen LogP contribution is -2.34. The van der Waals surface area contributed by atoms with E-state index in [1.54, 1.807) is 30.3 Å². The zero-order valence-electron chi connectivity index (χ0n) is 14.5. The van der Waals surface area contributed by atoms with Crippen molar-refractivity contribution in [2.75, 3.05) is 6.61 Å². The van der Waals surface area contributed by atoms with E-state index in [0.29, 0.717) is 22.7 Å². The topological polar surface area (TPSA) is 79.2 Å². The molecule has 1 aromatic carbocycles. The monoisotopic (exact) mass is 356 g/mol. The summed E-state index contributed by atoms with van der Waals surface area (Å²) in [6.45, 7) is 5.90. The Labute approximate surface area is 151 Å². The molecule has 0 unspecified atom stereocenters. The fourth-order valence-corrected chi connectivity index (χ4v) is 2.77. The van der Waals surface area contributed by atoms with Gasteiger partial charge in [0.15, 0.2) is 6.61 Å². The second kappa shape index (κ2) is 7.95. The molecule has 0 bridgehead atoms. The van der Waals surface area contributed by atoms with Crippen LogP contribution in [0.1, 0.15) is 40.9 Å². The number of carbonyl (C=O) groups is 2. The van der Waals surface area contributed by atoms with Gasteiger partial charge in [0.05, 0.1) is 23.1 Å². The molecule has 25 heavy (non-hydrogen) atoms. The molecule has 6 heteroatoms. The molecule has 0 spiro atoms. The number of benzene rings is 1. The van der Waals surface area contributed by atoms with E-state index < -0.39 is 5.41 Å². The van der Waals surface area contributed by atoms with Gasteiger partial charge in [-0.15, -0.1) is 11.3 Å². The third-order valence-corrected chi connectivity index (χ3v) is 4.52. The highest BCUT2D eigenvalue weighted by atomic mass is 32.1. The Morgan fingerprint density at radius 2 is 1.84 bits per heavy atom. The summed E-state index contributed by atoms with van der Waals surface area (Å²) in [4.78, 5) is 25.6. The van der Waals surface area contributed by atoms with E-state index in [-0.39, 0.29) is 18.3 Å². The maximum Gasteiger partial charge on any atom is 0.225 e. The second-order valence-corrected chi connectivity index (χ2v) is 7.71. The average Bonchev–Trinajstić information content (AvgIpc) is 3.06. The summed E-state index contributed by atoms with van der Waals surface area (Å²) in [5, 5.41) is 11.6. The number of ether oxygens (including phenoxy) is 1. The number of hydrogen-bond donors (Lipinski definition) is 1. The minimum Gasteiger partial charge on any atom is -0.485 e. The van der Waals surface area contributed by atoms with E-state index in [4.69, 9.17) is 10.00 Å². The number of Topliss-reactive ketones (excluding diaryl/α,β-unsaturated/α-hetero) is 1. The summed E-state index contributed by atoms with van der Waals surface area (Å²) in [6.07, 6.45) is 0. The van der Waals surface area contributed by atoms with Crippen molar-refractivity contribution in [3.8, 4) is 11.8 Å². The summed E-state index contributed by atoms with van der Waals surface area (Å²) < 4.78 is 5.45. The SMILES string of the molecule is CC(C)(C)C(=O)NCc1ccc(C(=O)COc2ccc(C#N)cc2)s1. The normalized spacial score (nSPS) is 10.8. The van der Waals surface area contributed by atoms with Gasteiger partial charge in [-0.3, -0.25) is 9.59 Å². The summed E-state index contributed by atoms with van der Waals surface area (Å²) in [5.41, 5.74) is 0.101. The molecular weight excluding hydrogens is 336 g/mol. The molecule has 0 aliphatic heterocycles. The molecule has 1 amide bonds. The van der Waals surface area contributed by atoms with E-state index in [9.17, 15) is 9.59 Å². The molecule has 2 aromatic rings. The predicted molar refractivity (Wildman–Crippen MR) is 96.6 cm³/mol. The van der Waals surface area contributed by atoms with Crippen LogP contribution in [0.2, 0.25) is 0 Å². The Bertz CT molecular complexity index is 795. The van der Waals surface area contributed by atoms with Crippen LogP contribution in [0.5, 0.6) is 5.75 Å². The Kier molecular flexibility index (Phi) is 5.94. The molecule has 1 N–H and O–H groups in total. The van der Waals surface area contributed by atoms with Crippen molar-refractivity contribution in [2.24, 2.45) is 5.41 Å². The van der Waals surface area contributed by atoms with Crippen LogP contribution in [-0.4, -0.2) is 18.3 Å². The minimum atomic E-state index is -0.440. The van der Waals surface area contributed by atoms with Gasteiger partial charge in [-0.2, -0.15) is 5.26 Å². The van der Waals surface area contributed by atoms with Gasteiger partial charge in [0.1, 0.15) is 5.75 Å². The fraction of sp³-hybridized carbons (Fsp3) is 0.316. The van der Waals surface area contributed by atoms with Gasteiger partial charge in [0.25, 0.3) is 0 Å². The van der Waals surface area contributed by atoms with Crippen LogP contribution >= 0.6 is 11.3 Å². The average molecular weight is 356 g/mol. The zero-order chi connectivity index (χ0) is 18.4. The molecule has 0 aliphatic rings. The van der Waals surface area contributed by atoms with Crippen molar-refractivity contribution in [1.29, 1.82) is 5.26 Å².